The predicted octanol–water partition coefficient (Wildman–Crippen LogP) is 4.64. The third-order valence-electron chi connectivity index (χ3n) is 5.77. The average Bonchev–Trinajstić information content (AvgIpc) is 2.85. The lowest BCUT2D eigenvalue weighted by Gasteiger charge is -2.38. The van der Waals surface area contributed by atoms with Crippen molar-refractivity contribution < 1.29 is 14.3 Å². The molecule has 166 valence electrons. The van der Waals surface area contributed by atoms with Gasteiger partial charge in [-0.2, -0.15) is 0 Å². The van der Waals surface area contributed by atoms with Gasteiger partial charge in [0.25, 0.3) is 0 Å². The van der Waals surface area contributed by atoms with Gasteiger partial charge in [0.1, 0.15) is 17.2 Å². The molecule has 1 amide bonds. The third-order valence-corrected chi connectivity index (χ3v) is 5.77. The minimum Gasteiger partial charge on any atom is -0.495 e. The molecule has 0 radical (unpaired) electrons. The Bertz CT molecular complexity index is 1020. The van der Waals surface area contributed by atoms with Crippen LogP contribution in [0.1, 0.15) is 6.92 Å². The Hall–Kier alpha value is -3.51. The number of hydrogen-bond acceptors (Lipinski definition) is 5. The first-order chi connectivity index (χ1) is 15.6. The largest absolute Gasteiger partial charge is 0.495 e. The lowest BCUT2D eigenvalue weighted by molar-refractivity contribution is -0.120. The zero-order valence-corrected chi connectivity index (χ0v) is 18.5. The summed E-state index contributed by atoms with van der Waals surface area (Å²) in [6, 6.07) is 24.9. The quantitative estimate of drug-likeness (QED) is 0.591. The lowest BCUT2D eigenvalue weighted by atomic mass is 10.2. The summed E-state index contributed by atoms with van der Waals surface area (Å²) >= 11 is 0. The molecular weight excluding hydrogens is 402 g/mol. The summed E-state index contributed by atoms with van der Waals surface area (Å²) in [5, 5.41) is 3.02. The Morgan fingerprint density at radius 2 is 1.47 bits per heavy atom. The van der Waals surface area contributed by atoms with Crippen LogP contribution >= 0.6 is 0 Å². The molecule has 3 aromatic carbocycles. The Balaban J connectivity index is 1.29. The van der Waals surface area contributed by atoms with Crippen LogP contribution in [-0.4, -0.2) is 50.1 Å². The highest BCUT2D eigenvalue weighted by molar-refractivity contribution is 5.94. The molecule has 1 fully saturated rings. The SMILES string of the molecule is COc1ccccc1N1CCN([C@@H](C)C(=O)Nc2ccc(Oc3ccccc3)cc2)CC1. The zero-order valence-electron chi connectivity index (χ0n) is 18.5. The summed E-state index contributed by atoms with van der Waals surface area (Å²) in [6.07, 6.45) is 0. The van der Waals surface area contributed by atoms with E-state index in [1.54, 1.807) is 7.11 Å². The van der Waals surface area contributed by atoms with E-state index in [0.29, 0.717) is 0 Å². The van der Waals surface area contributed by atoms with E-state index in [1.807, 2.05) is 79.7 Å². The number of anilines is 2. The molecule has 0 spiro atoms. The lowest BCUT2D eigenvalue weighted by Crippen LogP contribution is -2.52. The number of para-hydroxylation sites is 3. The monoisotopic (exact) mass is 431 g/mol. The number of nitrogens with zero attached hydrogens (tertiary/aromatic N) is 2. The van der Waals surface area contributed by atoms with Crippen LogP contribution in [-0.2, 0) is 4.79 Å². The number of rotatable bonds is 7. The minimum absolute atomic E-state index is 0.00697. The Morgan fingerprint density at radius 1 is 0.844 bits per heavy atom. The highest BCUT2D eigenvalue weighted by Gasteiger charge is 2.26. The van der Waals surface area contributed by atoms with Crippen LogP contribution in [0, 0.1) is 0 Å². The molecule has 1 saturated heterocycles. The fourth-order valence-corrected chi connectivity index (χ4v) is 3.88. The molecule has 4 rings (SSSR count). The van der Waals surface area contributed by atoms with Gasteiger partial charge < -0.3 is 19.7 Å². The summed E-state index contributed by atoms with van der Waals surface area (Å²) in [4.78, 5) is 17.3. The number of benzene rings is 3. The van der Waals surface area contributed by atoms with Crippen molar-refractivity contribution in [1.29, 1.82) is 0 Å². The number of hydrogen-bond donors (Lipinski definition) is 1. The summed E-state index contributed by atoms with van der Waals surface area (Å²) in [6.45, 7) is 5.29. The molecule has 1 aliphatic heterocycles. The van der Waals surface area contributed by atoms with Gasteiger partial charge in [-0.15, -0.1) is 0 Å². The van der Waals surface area contributed by atoms with E-state index in [4.69, 9.17) is 9.47 Å². The number of carbonyl (C=O) groups excluding carboxylic acids is 1. The van der Waals surface area contributed by atoms with Crippen LogP contribution in [0.3, 0.4) is 0 Å². The van der Waals surface area contributed by atoms with Gasteiger partial charge in [0.2, 0.25) is 5.91 Å². The van der Waals surface area contributed by atoms with E-state index in [1.165, 1.54) is 0 Å². The molecule has 3 aromatic rings. The fraction of sp³-hybridized carbons (Fsp3) is 0.269. The summed E-state index contributed by atoms with van der Waals surface area (Å²) in [5.74, 6) is 2.39. The van der Waals surface area contributed by atoms with Crippen LogP contribution in [0.15, 0.2) is 78.9 Å². The van der Waals surface area contributed by atoms with E-state index in [2.05, 4.69) is 21.2 Å². The second kappa shape index (κ2) is 10.2. The molecule has 0 aromatic heterocycles. The smallest absolute Gasteiger partial charge is 0.241 e. The molecule has 1 heterocycles. The molecule has 1 atom stereocenters. The summed E-state index contributed by atoms with van der Waals surface area (Å²) < 4.78 is 11.3. The van der Waals surface area contributed by atoms with Crippen molar-refractivity contribution in [3.05, 3.63) is 78.9 Å². The van der Waals surface area contributed by atoms with E-state index in [-0.39, 0.29) is 11.9 Å². The summed E-state index contributed by atoms with van der Waals surface area (Å²) in [7, 11) is 1.70. The van der Waals surface area contributed by atoms with Gasteiger partial charge in [-0.1, -0.05) is 30.3 Å². The van der Waals surface area contributed by atoms with Crippen molar-refractivity contribution in [3.63, 3.8) is 0 Å². The van der Waals surface area contributed by atoms with Crippen LogP contribution < -0.4 is 19.7 Å². The first-order valence-corrected chi connectivity index (χ1v) is 10.9. The number of amides is 1. The molecule has 6 nitrogen and oxygen atoms in total. The highest BCUT2D eigenvalue weighted by atomic mass is 16.5. The van der Waals surface area contributed by atoms with Crippen molar-refractivity contribution >= 4 is 17.3 Å². The Kier molecular flexibility index (Phi) is 6.92. The van der Waals surface area contributed by atoms with E-state index >= 15 is 0 Å². The zero-order chi connectivity index (χ0) is 22.3. The van der Waals surface area contributed by atoms with Gasteiger partial charge in [-0.05, 0) is 55.5 Å². The maximum Gasteiger partial charge on any atom is 0.241 e. The summed E-state index contributed by atoms with van der Waals surface area (Å²) in [5.41, 5.74) is 1.86. The standard InChI is InChI=1S/C26H29N3O3/c1-20(28-16-18-29(19-17-28)24-10-6-7-11-25(24)31-2)26(30)27-21-12-14-23(15-13-21)32-22-8-4-3-5-9-22/h3-15,20H,16-19H2,1-2H3,(H,27,30)/t20-/m0/s1. The Morgan fingerprint density at radius 3 is 2.16 bits per heavy atom. The second-order valence-corrected chi connectivity index (χ2v) is 7.80. The first kappa shape index (κ1) is 21.7. The molecule has 0 bridgehead atoms. The van der Waals surface area contributed by atoms with Gasteiger partial charge in [-0.3, -0.25) is 9.69 Å². The molecule has 32 heavy (non-hydrogen) atoms. The van der Waals surface area contributed by atoms with Crippen LogP contribution in [0.2, 0.25) is 0 Å². The Labute approximate surface area is 189 Å². The minimum atomic E-state index is -0.213. The maximum absolute atomic E-state index is 12.8. The topological polar surface area (TPSA) is 54.0 Å². The second-order valence-electron chi connectivity index (χ2n) is 7.80. The van der Waals surface area contributed by atoms with Gasteiger partial charge in [-0.25, -0.2) is 0 Å². The van der Waals surface area contributed by atoms with Gasteiger partial charge in [0.15, 0.2) is 0 Å². The van der Waals surface area contributed by atoms with Crippen molar-refractivity contribution in [2.45, 2.75) is 13.0 Å². The average molecular weight is 432 g/mol. The van der Waals surface area contributed by atoms with Crippen molar-refractivity contribution in [2.75, 3.05) is 43.5 Å². The van der Waals surface area contributed by atoms with E-state index in [0.717, 1.165) is 54.8 Å². The normalized spacial score (nSPS) is 15.1. The number of methoxy groups -OCH3 is 1. The van der Waals surface area contributed by atoms with Crippen molar-refractivity contribution in [1.82, 2.24) is 4.90 Å². The van der Waals surface area contributed by atoms with Crippen LogP contribution in [0.5, 0.6) is 17.2 Å². The first-order valence-electron chi connectivity index (χ1n) is 10.9. The van der Waals surface area contributed by atoms with Gasteiger partial charge >= 0.3 is 0 Å². The molecule has 6 heteroatoms. The van der Waals surface area contributed by atoms with Gasteiger partial charge in [0, 0.05) is 31.9 Å². The predicted molar refractivity (Wildman–Crippen MR) is 128 cm³/mol. The molecule has 0 unspecified atom stereocenters. The number of ether oxygens (including phenoxy) is 2. The van der Waals surface area contributed by atoms with Crippen LogP contribution in [0.25, 0.3) is 0 Å². The third kappa shape index (κ3) is 5.21. The van der Waals surface area contributed by atoms with Crippen molar-refractivity contribution in [3.8, 4) is 17.2 Å². The van der Waals surface area contributed by atoms with Crippen LogP contribution in [0.4, 0.5) is 11.4 Å². The van der Waals surface area contributed by atoms with Gasteiger partial charge in [0.05, 0.1) is 18.8 Å². The van der Waals surface area contributed by atoms with E-state index in [9.17, 15) is 4.79 Å². The number of carbonyl (C=O) groups is 1. The highest BCUT2D eigenvalue weighted by Crippen LogP contribution is 2.28. The molecule has 0 saturated carbocycles. The molecular formula is C26H29N3O3. The molecule has 1 aliphatic rings. The maximum atomic E-state index is 12.8. The number of nitrogens with one attached hydrogen (secondary N) is 1. The van der Waals surface area contributed by atoms with E-state index < -0.39 is 0 Å². The molecule has 1 N–H and O–H groups in total. The molecule has 0 aliphatic carbocycles. The fourth-order valence-electron chi connectivity index (χ4n) is 3.88. The number of piperazine rings is 1. The van der Waals surface area contributed by atoms with Crippen molar-refractivity contribution in [2.24, 2.45) is 0 Å².